The number of piperidine rings is 1. The number of likely N-dealkylation sites (tertiary alicyclic amines) is 1. The molecule has 29 heavy (non-hydrogen) atoms. The second kappa shape index (κ2) is 9.70. The molecule has 5 nitrogen and oxygen atoms in total. The van der Waals surface area contributed by atoms with Gasteiger partial charge >= 0.3 is 5.97 Å². The Hall–Kier alpha value is -2.66. The summed E-state index contributed by atoms with van der Waals surface area (Å²) in [6.07, 6.45) is 0.939. The Bertz CT molecular complexity index is 837. The number of anilines is 1. The number of esters is 1. The summed E-state index contributed by atoms with van der Waals surface area (Å²) >= 11 is 0. The topological polar surface area (TPSA) is 58.6 Å². The van der Waals surface area contributed by atoms with Crippen molar-refractivity contribution in [1.82, 2.24) is 4.90 Å². The van der Waals surface area contributed by atoms with E-state index in [0.29, 0.717) is 18.0 Å². The Kier molecular flexibility index (Phi) is 7.04. The lowest BCUT2D eigenvalue weighted by Gasteiger charge is -2.35. The van der Waals surface area contributed by atoms with Gasteiger partial charge in [-0.3, -0.25) is 9.59 Å². The molecule has 0 amide bonds. The van der Waals surface area contributed by atoms with Gasteiger partial charge in [0.2, 0.25) is 0 Å². The third-order valence-corrected chi connectivity index (χ3v) is 5.63. The zero-order valence-electron chi connectivity index (χ0n) is 17.4. The van der Waals surface area contributed by atoms with E-state index in [1.807, 2.05) is 48.5 Å². The number of nitrogens with zero attached hydrogens (tertiary/aromatic N) is 1. The van der Waals surface area contributed by atoms with Gasteiger partial charge in [0.25, 0.3) is 0 Å². The van der Waals surface area contributed by atoms with Crippen molar-refractivity contribution in [3.05, 3.63) is 65.7 Å². The predicted molar refractivity (Wildman–Crippen MR) is 115 cm³/mol. The molecule has 1 saturated heterocycles. The SMILES string of the molecule is CC(=O)c1cccc(NCC(C(=O)O[C@H]2CN(C)CCC2C)c2ccccc2)c1. The van der Waals surface area contributed by atoms with Gasteiger partial charge in [-0.1, -0.05) is 49.4 Å². The number of rotatable bonds is 7. The van der Waals surface area contributed by atoms with Crippen molar-refractivity contribution in [2.45, 2.75) is 32.3 Å². The molecule has 0 bridgehead atoms. The second-order valence-electron chi connectivity index (χ2n) is 7.98. The van der Waals surface area contributed by atoms with E-state index in [0.717, 1.165) is 30.8 Å². The van der Waals surface area contributed by atoms with Crippen LogP contribution in [0.4, 0.5) is 5.69 Å². The minimum absolute atomic E-state index is 0.0167. The first-order chi connectivity index (χ1) is 13.9. The number of ether oxygens (including phenoxy) is 1. The van der Waals surface area contributed by atoms with Crippen LogP contribution in [-0.4, -0.2) is 49.4 Å². The highest BCUT2D eigenvalue weighted by molar-refractivity contribution is 5.94. The highest BCUT2D eigenvalue weighted by atomic mass is 16.5. The Morgan fingerprint density at radius 2 is 1.93 bits per heavy atom. The van der Waals surface area contributed by atoms with Crippen molar-refractivity contribution in [3.63, 3.8) is 0 Å². The van der Waals surface area contributed by atoms with Crippen LogP contribution in [0, 0.1) is 5.92 Å². The van der Waals surface area contributed by atoms with E-state index in [1.165, 1.54) is 0 Å². The summed E-state index contributed by atoms with van der Waals surface area (Å²) < 4.78 is 5.97. The fraction of sp³-hybridized carbons (Fsp3) is 0.417. The largest absolute Gasteiger partial charge is 0.460 e. The highest BCUT2D eigenvalue weighted by Gasteiger charge is 2.31. The van der Waals surface area contributed by atoms with Crippen LogP contribution >= 0.6 is 0 Å². The van der Waals surface area contributed by atoms with Gasteiger partial charge in [-0.2, -0.15) is 0 Å². The van der Waals surface area contributed by atoms with E-state index < -0.39 is 5.92 Å². The van der Waals surface area contributed by atoms with E-state index in [4.69, 9.17) is 4.74 Å². The van der Waals surface area contributed by atoms with Gasteiger partial charge in [-0.25, -0.2) is 0 Å². The van der Waals surface area contributed by atoms with Gasteiger partial charge in [-0.05, 0) is 50.6 Å². The lowest BCUT2D eigenvalue weighted by atomic mass is 9.95. The van der Waals surface area contributed by atoms with Crippen molar-refractivity contribution in [1.29, 1.82) is 0 Å². The number of ketones is 1. The first-order valence-corrected chi connectivity index (χ1v) is 10.2. The molecule has 1 aliphatic rings. The maximum absolute atomic E-state index is 13.1. The number of hydrogen-bond acceptors (Lipinski definition) is 5. The standard InChI is InChI=1S/C24H30N2O3/c1-17-12-13-26(3)16-23(17)29-24(28)22(19-8-5-4-6-9-19)15-25-21-11-7-10-20(14-21)18(2)27/h4-11,14,17,22-23,25H,12-13,15-16H2,1-3H3/t17?,22?,23-/m0/s1. The fourth-order valence-corrected chi connectivity index (χ4v) is 3.66. The molecular formula is C24H30N2O3. The third kappa shape index (κ3) is 5.67. The maximum atomic E-state index is 13.1. The number of benzene rings is 2. The van der Waals surface area contributed by atoms with Gasteiger partial charge < -0.3 is 15.0 Å². The normalized spacial score (nSPS) is 20.7. The Morgan fingerprint density at radius 1 is 1.17 bits per heavy atom. The zero-order valence-corrected chi connectivity index (χ0v) is 17.4. The van der Waals surface area contributed by atoms with Crippen LogP contribution < -0.4 is 5.32 Å². The molecule has 0 saturated carbocycles. The Labute approximate surface area is 173 Å². The number of carbonyl (C=O) groups excluding carboxylic acids is 2. The molecule has 1 heterocycles. The number of nitrogens with one attached hydrogen (secondary N) is 1. The summed E-state index contributed by atoms with van der Waals surface area (Å²) in [5.41, 5.74) is 2.38. The van der Waals surface area contributed by atoms with Crippen LogP contribution in [0.15, 0.2) is 54.6 Å². The molecule has 2 unspecified atom stereocenters. The van der Waals surface area contributed by atoms with Crippen molar-refractivity contribution in [2.75, 3.05) is 32.0 Å². The molecule has 1 aliphatic heterocycles. The molecule has 5 heteroatoms. The van der Waals surface area contributed by atoms with Gasteiger partial charge in [0, 0.05) is 24.3 Å². The first kappa shape index (κ1) is 21.1. The van der Waals surface area contributed by atoms with Gasteiger partial charge in [0.05, 0.1) is 5.92 Å². The number of carbonyl (C=O) groups is 2. The molecule has 0 aliphatic carbocycles. The van der Waals surface area contributed by atoms with Crippen LogP contribution in [0.25, 0.3) is 0 Å². The lowest BCUT2D eigenvalue weighted by molar-refractivity contribution is -0.156. The highest BCUT2D eigenvalue weighted by Crippen LogP contribution is 2.24. The van der Waals surface area contributed by atoms with Crippen LogP contribution in [0.3, 0.4) is 0 Å². The van der Waals surface area contributed by atoms with E-state index in [1.54, 1.807) is 13.0 Å². The van der Waals surface area contributed by atoms with Gasteiger partial charge in [-0.15, -0.1) is 0 Å². The monoisotopic (exact) mass is 394 g/mol. The Morgan fingerprint density at radius 3 is 2.66 bits per heavy atom. The van der Waals surface area contributed by atoms with E-state index in [-0.39, 0.29) is 17.9 Å². The summed E-state index contributed by atoms with van der Waals surface area (Å²) in [4.78, 5) is 27.0. The fourth-order valence-electron chi connectivity index (χ4n) is 3.66. The van der Waals surface area contributed by atoms with Crippen molar-refractivity contribution in [2.24, 2.45) is 5.92 Å². The molecule has 0 spiro atoms. The smallest absolute Gasteiger partial charge is 0.315 e. The summed E-state index contributed by atoms with van der Waals surface area (Å²) in [7, 11) is 2.06. The molecule has 0 radical (unpaired) electrons. The van der Waals surface area contributed by atoms with Gasteiger partial charge in [0.1, 0.15) is 6.10 Å². The first-order valence-electron chi connectivity index (χ1n) is 10.2. The van der Waals surface area contributed by atoms with Crippen molar-refractivity contribution >= 4 is 17.4 Å². The summed E-state index contributed by atoms with van der Waals surface area (Å²) in [5.74, 6) is -0.259. The van der Waals surface area contributed by atoms with E-state index >= 15 is 0 Å². The lowest BCUT2D eigenvalue weighted by Crippen LogP contribution is -2.44. The van der Waals surface area contributed by atoms with Crippen LogP contribution in [-0.2, 0) is 9.53 Å². The summed E-state index contributed by atoms with van der Waals surface area (Å²) in [6, 6.07) is 17.1. The molecule has 1 N–H and O–H groups in total. The third-order valence-electron chi connectivity index (χ3n) is 5.63. The quantitative estimate of drug-likeness (QED) is 0.569. The van der Waals surface area contributed by atoms with Crippen LogP contribution in [0.1, 0.15) is 42.1 Å². The van der Waals surface area contributed by atoms with Crippen molar-refractivity contribution < 1.29 is 14.3 Å². The zero-order chi connectivity index (χ0) is 20.8. The molecule has 1 fully saturated rings. The minimum Gasteiger partial charge on any atom is -0.460 e. The molecule has 2 aromatic carbocycles. The molecule has 154 valence electrons. The molecule has 0 aromatic heterocycles. The summed E-state index contributed by atoms with van der Waals surface area (Å²) in [6.45, 7) is 5.90. The molecule has 2 aromatic rings. The molecule has 3 rings (SSSR count). The average Bonchev–Trinajstić information content (AvgIpc) is 2.72. The number of likely N-dealkylation sites (N-methyl/N-ethyl adjacent to an activating group) is 1. The molecule has 3 atom stereocenters. The number of hydrogen-bond donors (Lipinski definition) is 1. The number of Topliss-reactive ketones (excluding diaryl/α,β-unsaturated/α-hetero) is 1. The van der Waals surface area contributed by atoms with Crippen LogP contribution in [0.2, 0.25) is 0 Å². The average molecular weight is 395 g/mol. The second-order valence-corrected chi connectivity index (χ2v) is 7.98. The van der Waals surface area contributed by atoms with Crippen LogP contribution in [0.5, 0.6) is 0 Å². The van der Waals surface area contributed by atoms with E-state index in [2.05, 4.69) is 24.2 Å². The van der Waals surface area contributed by atoms with E-state index in [9.17, 15) is 9.59 Å². The Balaban J connectivity index is 1.73. The molecular weight excluding hydrogens is 364 g/mol. The van der Waals surface area contributed by atoms with Gasteiger partial charge in [0.15, 0.2) is 5.78 Å². The predicted octanol–water partition coefficient (Wildman–Crippen LogP) is 3.97. The summed E-state index contributed by atoms with van der Waals surface area (Å²) in [5, 5.41) is 3.31. The minimum atomic E-state index is -0.420. The maximum Gasteiger partial charge on any atom is 0.315 e. The van der Waals surface area contributed by atoms with Crippen molar-refractivity contribution in [3.8, 4) is 0 Å².